The van der Waals surface area contributed by atoms with Gasteiger partial charge in [0.15, 0.2) is 10.7 Å². The van der Waals surface area contributed by atoms with Gasteiger partial charge in [-0.15, -0.1) is 11.3 Å². The number of carbonyl (C=O) groups excluding carboxylic acids is 1. The smallest absolute Gasteiger partial charge is 0.288 e. The molecule has 134 valence electrons. The van der Waals surface area contributed by atoms with Gasteiger partial charge in [0.25, 0.3) is 5.69 Å². The van der Waals surface area contributed by atoms with Crippen molar-refractivity contribution >= 4 is 45.4 Å². The highest BCUT2D eigenvalue weighted by molar-refractivity contribution is 7.15. The summed E-state index contributed by atoms with van der Waals surface area (Å²) >= 11 is 7.32. The summed E-state index contributed by atoms with van der Waals surface area (Å²) in [4.78, 5) is 28.1. The molecule has 0 radical (unpaired) electrons. The number of nitro benzene ring substituents is 1. The standard InChI is InChI=1S/C18H10ClN3O4S/c19-12-4-3-11(10-14(12)22(24)25)17-13(21-7-9-27-18(21)20-17)5-6-15(23)16-2-1-8-26-16/h1-10H/b6-5+. The van der Waals surface area contributed by atoms with Crippen LogP contribution in [0.15, 0.2) is 58.7 Å². The lowest BCUT2D eigenvalue weighted by Crippen LogP contribution is -1.93. The summed E-state index contributed by atoms with van der Waals surface area (Å²) in [7, 11) is 0. The van der Waals surface area contributed by atoms with Crippen molar-refractivity contribution in [2.24, 2.45) is 0 Å². The Balaban J connectivity index is 1.82. The number of halogens is 1. The van der Waals surface area contributed by atoms with Crippen LogP contribution in [0.2, 0.25) is 5.02 Å². The van der Waals surface area contributed by atoms with Crippen molar-refractivity contribution in [3.05, 3.63) is 80.8 Å². The molecule has 0 aliphatic heterocycles. The number of nitrogens with zero attached hydrogens (tertiary/aromatic N) is 3. The summed E-state index contributed by atoms with van der Waals surface area (Å²) in [6.45, 7) is 0. The van der Waals surface area contributed by atoms with E-state index in [1.807, 2.05) is 16.0 Å². The van der Waals surface area contributed by atoms with Crippen LogP contribution in [-0.2, 0) is 0 Å². The van der Waals surface area contributed by atoms with Crippen LogP contribution >= 0.6 is 22.9 Å². The fourth-order valence-corrected chi connectivity index (χ4v) is 3.54. The molecule has 0 atom stereocenters. The van der Waals surface area contributed by atoms with Crippen LogP contribution in [0.5, 0.6) is 0 Å². The minimum Gasteiger partial charge on any atom is -0.461 e. The van der Waals surface area contributed by atoms with E-state index in [2.05, 4.69) is 4.98 Å². The van der Waals surface area contributed by atoms with E-state index < -0.39 is 4.92 Å². The van der Waals surface area contributed by atoms with Crippen LogP contribution in [0.4, 0.5) is 5.69 Å². The molecule has 0 aliphatic rings. The maximum atomic E-state index is 12.2. The molecule has 3 heterocycles. The first-order valence-corrected chi connectivity index (χ1v) is 8.96. The minimum atomic E-state index is -0.541. The number of thiazole rings is 1. The van der Waals surface area contributed by atoms with Crippen molar-refractivity contribution in [3.8, 4) is 11.3 Å². The van der Waals surface area contributed by atoms with E-state index in [4.69, 9.17) is 16.0 Å². The Labute approximate surface area is 161 Å². The predicted octanol–water partition coefficient (Wildman–Crippen LogP) is 5.11. The fraction of sp³-hybridized carbons (Fsp3) is 0. The van der Waals surface area contributed by atoms with Crippen molar-refractivity contribution in [2.45, 2.75) is 0 Å². The highest BCUT2D eigenvalue weighted by Gasteiger charge is 2.18. The summed E-state index contributed by atoms with van der Waals surface area (Å²) in [5.74, 6) is -0.0702. The third-order valence-corrected chi connectivity index (χ3v) is 4.95. The fourth-order valence-electron chi connectivity index (χ4n) is 2.63. The van der Waals surface area contributed by atoms with Gasteiger partial charge in [-0.2, -0.15) is 0 Å². The summed E-state index contributed by atoms with van der Waals surface area (Å²) in [6.07, 6.45) is 6.24. The lowest BCUT2D eigenvalue weighted by molar-refractivity contribution is -0.384. The molecule has 0 aliphatic carbocycles. The van der Waals surface area contributed by atoms with E-state index in [-0.39, 0.29) is 22.3 Å². The van der Waals surface area contributed by atoms with Crippen molar-refractivity contribution in [1.29, 1.82) is 0 Å². The van der Waals surface area contributed by atoms with E-state index >= 15 is 0 Å². The number of allylic oxidation sites excluding steroid dienone is 1. The van der Waals surface area contributed by atoms with E-state index in [0.29, 0.717) is 21.9 Å². The van der Waals surface area contributed by atoms with Gasteiger partial charge in [-0.1, -0.05) is 17.7 Å². The number of aromatic nitrogens is 2. The maximum absolute atomic E-state index is 12.2. The van der Waals surface area contributed by atoms with Crippen LogP contribution in [0.25, 0.3) is 22.3 Å². The quantitative estimate of drug-likeness (QED) is 0.201. The Bertz CT molecular complexity index is 1190. The van der Waals surface area contributed by atoms with Crippen molar-refractivity contribution < 1.29 is 14.1 Å². The number of rotatable bonds is 5. The average Bonchev–Trinajstić information content (AvgIpc) is 3.37. The molecule has 7 nitrogen and oxygen atoms in total. The molecular weight excluding hydrogens is 390 g/mol. The number of hydrogen-bond donors (Lipinski definition) is 0. The molecule has 1 aromatic carbocycles. The molecular formula is C18H10ClN3O4S. The lowest BCUT2D eigenvalue weighted by atomic mass is 10.1. The van der Waals surface area contributed by atoms with Crippen LogP contribution in [0, 0.1) is 10.1 Å². The highest BCUT2D eigenvalue weighted by atomic mass is 35.5. The third kappa shape index (κ3) is 3.16. The van der Waals surface area contributed by atoms with Crippen molar-refractivity contribution in [1.82, 2.24) is 9.38 Å². The summed E-state index contributed by atoms with van der Waals surface area (Å²) in [5, 5.41) is 13.1. The second kappa shape index (κ2) is 6.82. The van der Waals surface area contributed by atoms with Gasteiger partial charge in [0.2, 0.25) is 5.78 Å². The van der Waals surface area contributed by atoms with Gasteiger partial charge in [0, 0.05) is 23.2 Å². The zero-order valence-corrected chi connectivity index (χ0v) is 15.1. The summed E-state index contributed by atoms with van der Waals surface area (Å²) < 4.78 is 6.91. The molecule has 0 amide bonds. The minimum absolute atomic E-state index is 0.0508. The van der Waals surface area contributed by atoms with Gasteiger partial charge in [-0.25, -0.2) is 4.98 Å². The Morgan fingerprint density at radius 3 is 2.96 bits per heavy atom. The average molecular weight is 400 g/mol. The number of ketones is 1. The van der Waals surface area contributed by atoms with Gasteiger partial charge in [0.05, 0.1) is 22.6 Å². The number of carbonyl (C=O) groups is 1. The first-order valence-electron chi connectivity index (χ1n) is 7.70. The molecule has 0 spiro atoms. The number of nitro groups is 1. The molecule has 3 aromatic heterocycles. The molecule has 0 N–H and O–H groups in total. The van der Waals surface area contributed by atoms with E-state index in [9.17, 15) is 14.9 Å². The maximum Gasteiger partial charge on any atom is 0.288 e. The lowest BCUT2D eigenvalue weighted by Gasteiger charge is -2.02. The van der Waals surface area contributed by atoms with Gasteiger partial charge in [0.1, 0.15) is 5.02 Å². The SMILES string of the molecule is O=C(/C=C/c1c(-c2ccc(Cl)c([N+](=O)[O-])c2)nc2sccn12)c1ccco1. The van der Waals surface area contributed by atoms with Gasteiger partial charge >= 0.3 is 0 Å². The van der Waals surface area contributed by atoms with Gasteiger partial charge in [-0.3, -0.25) is 19.3 Å². The van der Waals surface area contributed by atoms with E-state index in [0.717, 1.165) is 0 Å². The zero-order valence-electron chi connectivity index (χ0n) is 13.5. The molecule has 0 saturated heterocycles. The number of fused-ring (bicyclic) bond motifs is 1. The predicted molar refractivity (Wildman–Crippen MR) is 102 cm³/mol. The normalized spacial score (nSPS) is 11.4. The molecule has 0 saturated carbocycles. The Kier molecular flexibility index (Phi) is 4.35. The molecule has 0 fully saturated rings. The number of hydrogen-bond acceptors (Lipinski definition) is 6. The second-order valence-electron chi connectivity index (χ2n) is 5.50. The molecule has 4 rings (SSSR count). The Morgan fingerprint density at radius 1 is 1.37 bits per heavy atom. The second-order valence-corrected chi connectivity index (χ2v) is 6.78. The third-order valence-electron chi connectivity index (χ3n) is 3.87. The highest BCUT2D eigenvalue weighted by Crippen LogP contribution is 2.33. The van der Waals surface area contributed by atoms with Crippen LogP contribution in [0.1, 0.15) is 16.2 Å². The Hall–Kier alpha value is -3.23. The molecule has 27 heavy (non-hydrogen) atoms. The molecule has 0 bridgehead atoms. The molecule has 0 unspecified atom stereocenters. The molecule has 9 heteroatoms. The van der Waals surface area contributed by atoms with Crippen LogP contribution in [0.3, 0.4) is 0 Å². The van der Waals surface area contributed by atoms with Gasteiger partial charge < -0.3 is 4.42 Å². The van der Waals surface area contributed by atoms with E-state index in [1.165, 1.54) is 35.8 Å². The molecule has 4 aromatic rings. The van der Waals surface area contributed by atoms with E-state index in [1.54, 1.807) is 24.3 Å². The summed E-state index contributed by atoms with van der Waals surface area (Å²) in [5.41, 5.74) is 1.48. The number of benzene rings is 1. The summed E-state index contributed by atoms with van der Waals surface area (Å²) in [6, 6.07) is 7.71. The van der Waals surface area contributed by atoms with Gasteiger partial charge in [-0.05, 0) is 30.4 Å². The number of imidazole rings is 1. The monoisotopic (exact) mass is 399 g/mol. The Morgan fingerprint density at radius 2 is 2.22 bits per heavy atom. The van der Waals surface area contributed by atoms with Crippen molar-refractivity contribution in [3.63, 3.8) is 0 Å². The van der Waals surface area contributed by atoms with Crippen LogP contribution < -0.4 is 0 Å². The number of furan rings is 1. The first kappa shape index (κ1) is 17.2. The van der Waals surface area contributed by atoms with Crippen LogP contribution in [-0.4, -0.2) is 20.1 Å². The first-order chi connectivity index (χ1) is 13.0. The topological polar surface area (TPSA) is 90.6 Å². The van der Waals surface area contributed by atoms with Crippen molar-refractivity contribution in [2.75, 3.05) is 0 Å². The largest absolute Gasteiger partial charge is 0.461 e. The zero-order chi connectivity index (χ0) is 19.0.